The van der Waals surface area contributed by atoms with Gasteiger partial charge in [-0.25, -0.2) is 0 Å². The Balaban J connectivity index is 1.81. The molecular weight excluding hydrogens is 358 g/mol. The second-order valence-electron chi connectivity index (χ2n) is 6.94. The summed E-state index contributed by atoms with van der Waals surface area (Å²) in [7, 11) is 0. The monoisotopic (exact) mass is 383 g/mol. The number of para-hydroxylation sites is 3. The van der Waals surface area contributed by atoms with Crippen LogP contribution in [0.3, 0.4) is 0 Å². The van der Waals surface area contributed by atoms with Gasteiger partial charge >= 0.3 is 5.97 Å². The van der Waals surface area contributed by atoms with Gasteiger partial charge in [0, 0.05) is 13.1 Å². The molecule has 1 N–H and O–H groups in total. The molecule has 1 fully saturated rings. The number of hydrogen-bond acceptors (Lipinski definition) is 4. The van der Waals surface area contributed by atoms with Crippen LogP contribution >= 0.6 is 0 Å². The lowest BCUT2D eigenvalue weighted by Crippen LogP contribution is -2.45. The van der Waals surface area contributed by atoms with E-state index in [0.717, 1.165) is 0 Å². The molecular formula is C22H25NO5. The third-order valence-corrected chi connectivity index (χ3v) is 5.00. The highest BCUT2D eigenvalue weighted by Crippen LogP contribution is 2.34. The maximum absolute atomic E-state index is 13.1. The lowest BCUT2D eigenvalue weighted by molar-refractivity contribution is -0.145. The molecule has 1 heterocycles. The lowest BCUT2D eigenvalue weighted by Gasteiger charge is -2.35. The molecule has 1 aliphatic rings. The highest BCUT2D eigenvalue weighted by atomic mass is 16.5. The predicted octanol–water partition coefficient (Wildman–Crippen LogP) is 4.06. The van der Waals surface area contributed by atoms with Crippen LogP contribution in [0.4, 0.5) is 0 Å². The number of carbonyl (C=O) groups is 2. The van der Waals surface area contributed by atoms with Crippen LogP contribution in [0.15, 0.2) is 48.5 Å². The Labute approximate surface area is 164 Å². The summed E-state index contributed by atoms with van der Waals surface area (Å²) in [4.78, 5) is 26.1. The van der Waals surface area contributed by atoms with Crippen LogP contribution in [0.5, 0.6) is 17.2 Å². The van der Waals surface area contributed by atoms with Crippen molar-refractivity contribution < 1.29 is 24.2 Å². The molecule has 2 atom stereocenters. The number of benzene rings is 2. The molecule has 2 unspecified atom stereocenters. The van der Waals surface area contributed by atoms with Gasteiger partial charge in [0.15, 0.2) is 11.5 Å². The number of amides is 1. The first-order valence-electron chi connectivity index (χ1n) is 9.52. The summed E-state index contributed by atoms with van der Waals surface area (Å²) in [6.45, 7) is 5.12. The van der Waals surface area contributed by atoms with Crippen molar-refractivity contribution in [2.24, 2.45) is 11.8 Å². The quantitative estimate of drug-likeness (QED) is 0.814. The van der Waals surface area contributed by atoms with E-state index in [1.807, 2.05) is 38.1 Å². The van der Waals surface area contributed by atoms with Crippen LogP contribution in [-0.2, 0) is 4.79 Å². The predicted molar refractivity (Wildman–Crippen MR) is 105 cm³/mol. The molecule has 6 nitrogen and oxygen atoms in total. The number of nitrogens with zero attached hydrogens (tertiary/aromatic N) is 1. The standard InChI is InChI=1S/C22H25NO5/c1-3-27-19-10-6-7-11-20(19)28-18-9-5-4-8-17(18)21(24)23-13-12-16(22(25)26)15(2)14-23/h4-11,15-16H,3,12-14H2,1-2H3,(H,25,26). The number of carboxylic acid groups (broad SMARTS) is 1. The summed E-state index contributed by atoms with van der Waals surface area (Å²) in [5.41, 5.74) is 0.453. The van der Waals surface area contributed by atoms with E-state index in [0.29, 0.717) is 48.9 Å². The maximum atomic E-state index is 13.1. The van der Waals surface area contributed by atoms with Gasteiger partial charge < -0.3 is 19.5 Å². The third kappa shape index (κ3) is 4.27. The van der Waals surface area contributed by atoms with E-state index >= 15 is 0 Å². The van der Waals surface area contributed by atoms with Gasteiger partial charge in [0.2, 0.25) is 0 Å². The van der Waals surface area contributed by atoms with Crippen molar-refractivity contribution in [2.45, 2.75) is 20.3 Å². The first-order chi connectivity index (χ1) is 13.5. The number of likely N-dealkylation sites (tertiary alicyclic amines) is 1. The summed E-state index contributed by atoms with van der Waals surface area (Å²) in [5.74, 6) is 0.157. The van der Waals surface area contributed by atoms with Crippen molar-refractivity contribution in [3.63, 3.8) is 0 Å². The molecule has 0 bridgehead atoms. The van der Waals surface area contributed by atoms with Crippen molar-refractivity contribution in [2.75, 3.05) is 19.7 Å². The first kappa shape index (κ1) is 19.7. The number of hydrogen-bond donors (Lipinski definition) is 1. The van der Waals surface area contributed by atoms with Crippen molar-refractivity contribution in [1.29, 1.82) is 0 Å². The number of rotatable bonds is 6. The SMILES string of the molecule is CCOc1ccccc1Oc1ccccc1C(=O)N1CCC(C(=O)O)C(C)C1. The van der Waals surface area contributed by atoms with E-state index in [1.165, 1.54) is 0 Å². The molecule has 0 aliphatic carbocycles. The molecule has 2 aromatic carbocycles. The first-order valence-corrected chi connectivity index (χ1v) is 9.52. The van der Waals surface area contributed by atoms with Gasteiger partial charge in [0.1, 0.15) is 5.75 Å². The maximum Gasteiger partial charge on any atom is 0.306 e. The molecule has 1 saturated heterocycles. The zero-order chi connectivity index (χ0) is 20.1. The smallest absolute Gasteiger partial charge is 0.306 e. The molecule has 3 rings (SSSR count). The molecule has 148 valence electrons. The summed E-state index contributed by atoms with van der Waals surface area (Å²) >= 11 is 0. The Bertz CT molecular complexity index is 850. The molecule has 1 aliphatic heterocycles. The van der Waals surface area contributed by atoms with E-state index in [1.54, 1.807) is 29.2 Å². The largest absolute Gasteiger partial charge is 0.490 e. The van der Waals surface area contributed by atoms with Crippen molar-refractivity contribution in [3.8, 4) is 17.2 Å². The lowest BCUT2D eigenvalue weighted by atomic mass is 9.87. The average molecular weight is 383 g/mol. The van der Waals surface area contributed by atoms with E-state index in [9.17, 15) is 14.7 Å². The van der Waals surface area contributed by atoms with Gasteiger partial charge in [0.05, 0.1) is 18.1 Å². The average Bonchev–Trinajstić information content (AvgIpc) is 2.69. The zero-order valence-electron chi connectivity index (χ0n) is 16.1. The van der Waals surface area contributed by atoms with Crippen LogP contribution in [0.25, 0.3) is 0 Å². The topological polar surface area (TPSA) is 76.1 Å². The Kier molecular flexibility index (Phi) is 6.19. The minimum atomic E-state index is -0.795. The number of carboxylic acids is 1. The van der Waals surface area contributed by atoms with E-state index < -0.39 is 11.9 Å². The van der Waals surface area contributed by atoms with Gasteiger partial charge in [-0.05, 0) is 43.5 Å². The minimum absolute atomic E-state index is 0.0954. The Morgan fingerprint density at radius 1 is 1.07 bits per heavy atom. The Morgan fingerprint density at radius 3 is 2.36 bits per heavy atom. The van der Waals surface area contributed by atoms with Crippen LogP contribution in [0.2, 0.25) is 0 Å². The minimum Gasteiger partial charge on any atom is -0.490 e. The van der Waals surface area contributed by atoms with Gasteiger partial charge in [-0.2, -0.15) is 0 Å². The fourth-order valence-corrected chi connectivity index (χ4v) is 3.53. The molecule has 1 amide bonds. The summed E-state index contributed by atoms with van der Waals surface area (Å²) in [6, 6.07) is 14.4. The fraction of sp³-hybridized carbons (Fsp3) is 0.364. The summed E-state index contributed by atoms with van der Waals surface area (Å²) in [6.07, 6.45) is 0.457. The molecule has 6 heteroatoms. The van der Waals surface area contributed by atoms with Crippen LogP contribution in [0, 0.1) is 11.8 Å². The molecule has 0 spiro atoms. The molecule has 0 aromatic heterocycles. The normalized spacial score (nSPS) is 19.1. The van der Waals surface area contributed by atoms with Gasteiger partial charge in [-0.15, -0.1) is 0 Å². The van der Waals surface area contributed by atoms with Crippen molar-refractivity contribution in [1.82, 2.24) is 4.90 Å². The number of piperidine rings is 1. The van der Waals surface area contributed by atoms with Crippen LogP contribution in [-0.4, -0.2) is 41.6 Å². The Morgan fingerprint density at radius 2 is 1.71 bits per heavy atom. The van der Waals surface area contributed by atoms with Crippen LogP contribution in [0.1, 0.15) is 30.6 Å². The Hall–Kier alpha value is -3.02. The third-order valence-electron chi connectivity index (χ3n) is 5.00. The van der Waals surface area contributed by atoms with Crippen LogP contribution < -0.4 is 9.47 Å². The van der Waals surface area contributed by atoms with E-state index in [-0.39, 0.29) is 11.8 Å². The zero-order valence-corrected chi connectivity index (χ0v) is 16.1. The van der Waals surface area contributed by atoms with E-state index in [4.69, 9.17) is 9.47 Å². The summed E-state index contributed by atoms with van der Waals surface area (Å²) in [5, 5.41) is 9.29. The highest BCUT2D eigenvalue weighted by Gasteiger charge is 2.34. The number of aliphatic carboxylic acids is 1. The van der Waals surface area contributed by atoms with Gasteiger partial charge in [-0.1, -0.05) is 31.2 Å². The number of ether oxygens (including phenoxy) is 2. The summed E-state index contributed by atoms with van der Waals surface area (Å²) < 4.78 is 11.6. The van der Waals surface area contributed by atoms with Gasteiger partial charge in [0.25, 0.3) is 5.91 Å². The molecule has 0 radical (unpaired) electrons. The van der Waals surface area contributed by atoms with Gasteiger partial charge in [-0.3, -0.25) is 9.59 Å². The molecule has 0 saturated carbocycles. The molecule has 28 heavy (non-hydrogen) atoms. The van der Waals surface area contributed by atoms with E-state index in [2.05, 4.69) is 0 Å². The highest BCUT2D eigenvalue weighted by molar-refractivity contribution is 5.97. The molecule has 2 aromatic rings. The van der Waals surface area contributed by atoms with Crippen molar-refractivity contribution >= 4 is 11.9 Å². The second kappa shape index (κ2) is 8.78. The second-order valence-corrected chi connectivity index (χ2v) is 6.94. The van der Waals surface area contributed by atoms with Crippen molar-refractivity contribution in [3.05, 3.63) is 54.1 Å². The number of carbonyl (C=O) groups excluding carboxylic acids is 1. The fourth-order valence-electron chi connectivity index (χ4n) is 3.53.